The van der Waals surface area contributed by atoms with Gasteiger partial charge in [0.15, 0.2) is 0 Å². The van der Waals surface area contributed by atoms with Gasteiger partial charge in [0.1, 0.15) is 29.0 Å². The van der Waals surface area contributed by atoms with Crippen LogP contribution in [0.25, 0.3) is 0 Å². The Hall–Kier alpha value is -4.07. The Kier molecular flexibility index (Phi) is 12.6. The van der Waals surface area contributed by atoms with Crippen molar-refractivity contribution in [3.63, 3.8) is 0 Å². The molecule has 2 aromatic carbocycles. The normalized spacial score (nSPS) is 23.4. The van der Waals surface area contributed by atoms with Crippen molar-refractivity contribution >= 4 is 39.5 Å². The Bertz CT molecular complexity index is 1700. The van der Waals surface area contributed by atoms with Crippen LogP contribution in [0.2, 0.25) is 0 Å². The van der Waals surface area contributed by atoms with Crippen LogP contribution in [0.4, 0.5) is 19.3 Å². The minimum atomic E-state index is -4.46. The summed E-state index contributed by atoms with van der Waals surface area (Å²) >= 11 is 0. The monoisotopic (exact) mass is 744 g/mol. The lowest BCUT2D eigenvalue weighted by Crippen LogP contribution is -2.50. The molecule has 3 atom stereocenters. The SMILES string of the molecule is CC(C)(C)OC(=O)N[C@H](CF)[C@H]1CC[C@H](C(=O)N2CC[C@@H](C3CCCCC3)[C@H]2C(=O)Nc2ccc(C(=O)NS(=O)(=O)c3ccccc3F)cc2)CC1. The van der Waals surface area contributed by atoms with Gasteiger partial charge in [0.25, 0.3) is 15.9 Å². The van der Waals surface area contributed by atoms with Gasteiger partial charge in [0.2, 0.25) is 11.8 Å². The third-order valence-corrected chi connectivity index (χ3v) is 11.9. The highest BCUT2D eigenvalue weighted by Gasteiger charge is 2.47. The number of amides is 4. The second kappa shape index (κ2) is 16.7. The quantitative estimate of drug-likeness (QED) is 0.257. The molecule has 1 aliphatic heterocycles. The maximum absolute atomic E-state index is 14.1. The topological polar surface area (TPSA) is 151 Å². The van der Waals surface area contributed by atoms with E-state index in [1.165, 1.54) is 36.4 Å². The summed E-state index contributed by atoms with van der Waals surface area (Å²) in [5, 5.41) is 5.59. The van der Waals surface area contributed by atoms with Crippen LogP contribution in [-0.2, 0) is 24.3 Å². The number of likely N-dealkylation sites (tertiary alicyclic amines) is 1. The van der Waals surface area contributed by atoms with Gasteiger partial charge < -0.3 is 20.3 Å². The summed E-state index contributed by atoms with van der Waals surface area (Å²) in [7, 11) is -4.46. The molecule has 284 valence electrons. The molecule has 0 bridgehead atoms. The van der Waals surface area contributed by atoms with Crippen LogP contribution in [0.5, 0.6) is 0 Å². The Labute approximate surface area is 304 Å². The molecule has 3 fully saturated rings. The number of hydrogen-bond acceptors (Lipinski definition) is 7. The minimum Gasteiger partial charge on any atom is -0.444 e. The first-order valence-electron chi connectivity index (χ1n) is 18.3. The lowest BCUT2D eigenvalue weighted by Gasteiger charge is -2.37. The lowest BCUT2D eigenvalue weighted by atomic mass is 9.76. The van der Waals surface area contributed by atoms with E-state index in [1.807, 2.05) is 4.72 Å². The van der Waals surface area contributed by atoms with E-state index in [0.29, 0.717) is 50.3 Å². The molecule has 3 aliphatic rings. The minimum absolute atomic E-state index is 0.0109. The fourth-order valence-electron chi connectivity index (χ4n) is 8.02. The second-order valence-electron chi connectivity index (χ2n) is 15.3. The highest BCUT2D eigenvalue weighted by Crippen LogP contribution is 2.41. The summed E-state index contributed by atoms with van der Waals surface area (Å²) in [5.41, 5.74) is -0.349. The van der Waals surface area contributed by atoms with E-state index in [4.69, 9.17) is 4.74 Å². The molecule has 0 unspecified atom stereocenters. The average Bonchev–Trinajstić information content (AvgIpc) is 3.56. The molecule has 2 saturated carbocycles. The Morgan fingerprint density at radius 3 is 2.17 bits per heavy atom. The molecule has 0 spiro atoms. The number of ether oxygens (including phenoxy) is 1. The van der Waals surface area contributed by atoms with Crippen molar-refractivity contribution in [1.29, 1.82) is 0 Å². The number of carbonyl (C=O) groups excluding carboxylic acids is 4. The van der Waals surface area contributed by atoms with Crippen LogP contribution in [-0.4, -0.2) is 68.0 Å². The molecule has 52 heavy (non-hydrogen) atoms. The number of nitrogens with one attached hydrogen (secondary N) is 3. The number of alkyl halides is 1. The number of carbonyl (C=O) groups is 4. The first-order chi connectivity index (χ1) is 24.7. The van der Waals surface area contributed by atoms with Crippen molar-refractivity contribution < 1.29 is 41.1 Å². The summed E-state index contributed by atoms with van der Waals surface area (Å²) in [6.45, 7) is 4.94. The third-order valence-electron chi connectivity index (χ3n) is 10.6. The molecule has 2 aliphatic carbocycles. The number of anilines is 1. The summed E-state index contributed by atoms with van der Waals surface area (Å²) in [5.74, 6) is -2.52. The predicted molar refractivity (Wildman–Crippen MR) is 191 cm³/mol. The molecule has 1 saturated heterocycles. The predicted octanol–water partition coefficient (Wildman–Crippen LogP) is 6.35. The molecule has 14 heteroatoms. The second-order valence-corrected chi connectivity index (χ2v) is 16.9. The van der Waals surface area contributed by atoms with Crippen LogP contribution in [0.1, 0.15) is 95.3 Å². The Morgan fingerprint density at radius 1 is 0.904 bits per heavy atom. The van der Waals surface area contributed by atoms with Crippen molar-refractivity contribution in [2.75, 3.05) is 18.5 Å². The zero-order chi connectivity index (χ0) is 37.6. The highest BCUT2D eigenvalue weighted by molar-refractivity contribution is 7.90. The van der Waals surface area contributed by atoms with Crippen molar-refractivity contribution in [2.24, 2.45) is 23.7 Å². The zero-order valence-corrected chi connectivity index (χ0v) is 30.9. The van der Waals surface area contributed by atoms with Crippen LogP contribution < -0.4 is 15.4 Å². The Balaban J connectivity index is 1.24. The fraction of sp³-hybridized carbons (Fsp3) is 0.579. The summed E-state index contributed by atoms with van der Waals surface area (Å²) < 4.78 is 60.5. The number of benzene rings is 2. The van der Waals surface area contributed by atoms with E-state index in [2.05, 4.69) is 10.6 Å². The molecule has 3 N–H and O–H groups in total. The highest BCUT2D eigenvalue weighted by atomic mass is 32.2. The molecular weight excluding hydrogens is 695 g/mol. The van der Waals surface area contributed by atoms with E-state index in [1.54, 1.807) is 25.7 Å². The largest absolute Gasteiger partial charge is 0.444 e. The number of nitrogens with zero attached hydrogens (tertiary/aromatic N) is 1. The molecule has 4 amide bonds. The summed E-state index contributed by atoms with van der Waals surface area (Å²) in [6.07, 6.45) is 7.49. The van der Waals surface area contributed by atoms with Gasteiger partial charge in [-0.2, -0.15) is 0 Å². The summed E-state index contributed by atoms with van der Waals surface area (Å²) in [4.78, 5) is 54.3. The Morgan fingerprint density at radius 2 is 1.56 bits per heavy atom. The molecule has 5 rings (SSSR count). The number of sulfonamides is 1. The van der Waals surface area contributed by atoms with Crippen LogP contribution in [0.15, 0.2) is 53.4 Å². The molecule has 11 nitrogen and oxygen atoms in total. The van der Waals surface area contributed by atoms with Crippen molar-refractivity contribution in [3.8, 4) is 0 Å². The van der Waals surface area contributed by atoms with Gasteiger partial charge in [-0.3, -0.25) is 14.4 Å². The average molecular weight is 745 g/mol. The van der Waals surface area contributed by atoms with Gasteiger partial charge in [-0.15, -0.1) is 0 Å². The van der Waals surface area contributed by atoms with Gasteiger partial charge in [-0.1, -0.05) is 44.2 Å². The van der Waals surface area contributed by atoms with Gasteiger partial charge in [0.05, 0.1) is 6.04 Å². The van der Waals surface area contributed by atoms with Crippen molar-refractivity contribution in [3.05, 3.63) is 59.9 Å². The first-order valence-corrected chi connectivity index (χ1v) is 19.7. The molecule has 2 aromatic rings. The first kappa shape index (κ1) is 39.1. The fourth-order valence-corrected chi connectivity index (χ4v) is 9.07. The maximum Gasteiger partial charge on any atom is 0.407 e. The van der Waals surface area contributed by atoms with E-state index >= 15 is 0 Å². The van der Waals surface area contributed by atoms with E-state index in [-0.39, 0.29) is 35.1 Å². The maximum atomic E-state index is 14.1. The van der Waals surface area contributed by atoms with Crippen LogP contribution >= 0.6 is 0 Å². The van der Waals surface area contributed by atoms with Crippen LogP contribution in [0.3, 0.4) is 0 Å². The summed E-state index contributed by atoms with van der Waals surface area (Å²) in [6, 6.07) is 9.01. The number of alkyl carbamates (subject to hydrolysis) is 1. The van der Waals surface area contributed by atoms with E-state index in [9.17, 15) is 36.4 Å². The van der Waals surface area contributed by atoms with Crippen LogP contribution in [0, 0.1) is 29.5 Å². The third kappa shape index (κ3) is 9.67. The lowest BCUT2D eigenvalue weighted by molar-refractivity contribution is -0.142. The van der Waals surface area contributed by atoms with Gasteiger partial charge in [-0.25, -0.2) is 26.7 Å². The standard InChI is InChI=1S/C38H50F2N4O7S/c1-38(2,3)51-37(48)42-31(23-39)25-13-15-27(16-14-25)36(47)44-22-21-29(24-9-5-4-6-10-24)33(44)35(46)41-28-19-17-26(18-20-28)34(45)43-52(49,50)32-12-8-7-11-30(32)40/h7-8,11-12,17-20,24-25,27,29,31,33H,4-6,9-10,13-16,21-23H2,1-3H3,(H,41,46)(H,42,48)(H,43,45)/t25-,27-,29-,31+,33-/m0/s1. The van der Waals surface area contributed by atoms with Crippen molar-refractivity contribution in [1.82, 2.24) is 14.9 Å². The molecule has 0 radical (unpaired) electrons. The zero-order valence-electron chi connectivity index (χ0n) is 30.0. The number of halogens is 2. The smallest absolute Gasteiger partial charge is 0.407 e. The van der Waals surface area contributed by atoms with Gasteiger partial charge in [0, 0.05) is 23.7 Å². The van der Waals surface area contributed by atoms with Crippen molar-refractivity contribution in [2.45, 2.75) is 108 Å². The molecular formula is C38H50F2N4O7S. The number of hydrogen-bond donors (Lipinski definition) is 3. The number of rotatable bonds is 10. The van der Waals surface area contributed by atoms with Gasteiger partial charge in [-0.05, 0) is 107 Å². The molecule has 0 aromatic heterocycles. The van der Waals surface area contributed by atoms with E-state index < -0.39 is 57.1 Å². The van der Waals surface area contributed by atoms with E-state index in [0.717, 1.165) is 44.2 Å². The van der Waals surface area contributed by atoms with Gasteiger partial charge >= 0.3 is 6.09 Å². The molecule has 1 heterocycles.